The molecule has 0 bridgehead atoms. The second-order valence-corrected chi connectivity index (χ2v) is 11.6. The Labute approximate surface area is 236 Å². The monoisotopic (exact) mass is 585 g/mol. The summed E-state index contributed by atoms with van der Waals surface area (Å²) in [5.41, 5.74) is 6.09. The third-order valence-corrected chi connectivity index (χ3v) is 8.29. The highest BCUT2D eigenvalue weighted by atomic mass is 31.2. The number of rotatable bonds is 12. The van der Waals surface area contributed by atoms with Crippen molar-refractivity contribution >= 4 is 19.6 Å². The van der Waals surface area contributed by atoms with E-state index in [4.69, 9.17) is 24.3 Å². The van der Waals surface area contributed by atoms with Crippen molar-refractivity contribution < 1.29 is 37.8 Å². The minimum Gasteiger partial charge on any atom is -0.460 e. The zero-order valence-corrected chi connectivity index (χ0v) is 23.0. The van der Waals surface area contributed by atoms with Crippen LogP contribution in [0.15, 0.2) is 78.4 Å². The van der Waals surface area contributed by atoms with Crippen LogP contribution in [0.4, 0.5) is 0 Å². The molecule has 5 rings (SSSR count). The fourth-order valence-corrected chi connectivity index (χ4v) is 6.09. The van der Waals surface area contributed by atoms with Crippen molar-refractivity contribution in [3.05, 3.63) is 84.2 Å². The number of ether oxygens (including phenoxy) is 2. The lowest BCUT2D eigenvalue weighted by molar-refractivity contribution is -0.141. The Hall–Kier alpha value is -3.61. The molecule has 0 spiro atoms. The third kappa shape index (κ3) is 7.38. The van der Waals surface area contributed by atoms with Gasteiger partial charge < -0.3 is 24.8 Å². The minimum atomic E-state index is -4.13. The van der Waals surface area contributed by atoms with Crippen LogP contribution in [-0.2, 0) is 27.9 Å². The highest BCUT2D eigenvalue weighted by molar-refractivity contribution is 7.51. The number of carbonyl (C=O) groups excluding carboxylic acids is 2. The summed E-state index contributed by atoms with van der Waals surface area (Å²) >= 11 is 0. The van der Waals surface area contributed by atoms with Crippen LogP contribution in [0, 0.1) is 11.8 Å². The van der Waals surface area contributed by atoms with Gasteiger partial charge in [-0.2, -0.15) is 0 Å². The maximum atomic E-state index is 13.9. The molecule has 0 aromatic carbocycles. The first kappa shape index (κ1) is 28.9. The average molecular weight is 586 g/mol. The molecule has 1 fully saturated rings. The van der Waals surface area contributed by atoms with E-state index in [2.05, 4.69) is 15.2 Å². The molecule has 0 saturated carbocycles. The van der Waals surface area contributed by atoms with E-state index in [1.807, 2.05) is 54.7 Å². The van der Waals surface area contributed by atoms with Gasteiger partial charge in [0.05, 0.1) is 12.7 Å². The van der Waals surface area contributed by atoms with Gasteiger partial charge in [-0.25, -0.2) is 19.3 Å². The number of aliphatic hydroxyl groups is 1. The van der Waals surface area contributed by atoms with Gasteiger partial charge in [0, 0.05) is 18.3 Å². The lowest BCUT2D eigenvalue weighted by atomic mass is 9.84. The van der Waals surface area contributed by atoms with E-state index >= 15 is 0 Å². The molecule has 3 unspecified atom stereocenters. The highest BCUT2D eigenvalue weighted by Crippen LogP contribution is 2.50. The van der Waals surface area contributed by atoms with E-state index in [0.717, 1.165) is 18.4 Å². The summed E-state index contributed by atoms with van der Waals surface area (Å²) in [4.78, 5) is 27.6. The number of fused-ring (bicyclic) bond motifs is 1. The third-order valence-electron chi connectivity index (χ3n) is 6.80. The van der Waals surface area contributed by atoms with E-state index in [0.29, 0.717) is 5.76 Å². The summed E-state index contributed by atoms with van der Waals surface area (Å²) < 4.78 is 38.0. The summed E-state index contributed by atoms with van der Waals surface area (Å²) in [7, 11) is -4.13. The van der Waals surface area contributed by atoms with Crippen LogP contribution in [0.2, 0.25) is 0 Å². The lowest BCUT2D eigenvalue weighted by Crippen LogP contribution is -2.28. The molecule has 4 N–H and O–H groups in total. The van der Waals surface area contributed by atoms with Crippen LogP contribution in [-0.4, -0.2) is 63.7 Å². The van der Waals surface area contributed by atoms with Crippen molar-refractivity contribution in [2.75, 3.05) is 19.8 Å². The van der Waals surface area contributed by atoms with E-state index < -0.39 is 44.6 Å². The summed E-state index contributed by atoms with van der Waals surface area (Å²) in [6.45, 7) is -0.559. The van der Waals surface area contributed by atoms with Gasteiger partial charge in [0.1, 0.15) is 31.3 Å². The number of nitrogens with zero attached hydrogens (tertiary/aromatic N) is 3. The number of esters is 1. The van der Waals surface area contributed by atoms with Crippen LogP contribution in [0.1, 0.15) is 36.1 Å². The van der Waals surface area contributed by atoms with Crippen LogP contribution >= 0.6 is 7.75 Å². The maximum absolute atomic E-state index is 13.9. The molecule has 1 aliphatic heterocycles. The Morgan fingerprint density at radius 3 is 2.83 bits per heavy atom. The summed E-state index contributed by atoms with van der Waals surface area (Å²) in [6.07, 6.45) is 19.7. The van der Waals surface area contributed by atoms with E-state index in [1.54, 1.807) is 6.08 Å². The first-order chi connectivity index (χ1) is 19.8. The molecule has 0 radical (unpaired) electrons. The molecule has 14 heteroatoms. The number of allylic oxidation sites excluding steroid dienone is 9. The zero-order chi connectivity index (χ0) is 28.8. The number of aliphatic hydroxyl groups excluding tert-OH is 1. The topological polar surface area (TPSA) is 177 Å². The molecule has 2 heterocycles. The molecular formula is C27H32N5O8P. The fraction of sp³-hybridized carbons (Fsp3) is 0.407. The maximum Gasteiger partial charge on any atom is 0.459 e. The second kappa shape index (κ2) is 12.9. The van der Waals surface area contributed by atoms with Crippen LogP contribution in [0.25, 0.3) is 0 Å². The number of nitrogens with one attached hydrogen (secondary N) is 1. The molecule has 1 amide bonds. The van der Waals surface area contributed by atoms with Gasteiger partial charge in [0.25, 0.3) is 5.91 Å². The Balaban J connectivity index is 1.23. The highest BCUT2D eigenvalue weighted by Gasteiger charge is 2.39. The molecule has 1 saturated heterocycles. The van der Waals surface area contributed by atoms with Crippen LogP contribution in [0.3, 0.4) is 0 Å². The number of primary amides is 1. The van der Waals surface area contributed by atoms with Crippen molar-refractivity contribution in [2.45, 2.75) is 37.7 Å². The Bertz CT molecular complexity index is 1380. The number of amides is 1. The predicted molar refractivity (Wildman–Crippen MR) is 146 cm³/mol. The number of hydrogen-bond acceptors (Lipinski definition) is 10. The van der Waals surface area contributed by atoms with Gasteiger partial charge in [-0.15, -0.1) is 5.10 Å². The fourth-order valence-electron chi connectivity index (χ4n) is 4.73. The number of aromatic nitrogens is 3. The van der Waals surface area contributed by atoms with Gasteiger partial charge in [-0.3, -0.25) is 14.1 Å². The van der Waals surface area contributed by atoms with Crippen molar-refractivity contribution in [2.24, 2.45) is 17.6 Å². The minimum absolute atomic E-state index is 0.0253. The molecule has 41 heavy (non-hydrogen) atoms. The van der Waals surface area contributed by atoms with Gasteiger partial charge >= 0.3 is 13.7 Å². The zero-order valence-electron chi connectivity index (χ0n) is 22.2. The quantitative estimate of drug-likeness (QED) is 0.242. The second-order valence-electron chi connectivity index (χ2n) is 9.83. The van der Waals surface area contributed by atoms with Crippen molar-refractivity contribution in [3.63, 3.8) is 0 Å². The van der Waals surface area contributed by atoms with Crippen molar-refractivity contribution in [3.8, 4) is 0 Å². The molecular weight excluding hydrogens is 553 g/mol. The molecule has 1 aromatic rings. The molecule has 1 aromatic heterocycles. The first-order valence-corrected chi connectivity index (χ1v) is 14.8. The normalized spacial score (nSPS) is 28.0. The summed E-state index contributed by atoms with van der Waals surface area (Å²) in [5, 5.41) is 17.1. The van der Waals surface area contributed by atoms with Crippen molar-refractivity contribution in [1.29, 1.82) is 0 Å². The predicted octanol–water partition coefficient (Wildman–Crippen LogP) is 2.39. The molecule has 218 valence electrons. The molecule has 3 aliphatic carbocycles. The van der Waals surface area contributed by atoms with Gasteiger partial charge in [0.15, 0.2) is 6.23 Å². The Morgan fingerprint density at radius 2 is 2.05 bits per heavy atom. The van der Waals surface area contributed by atoms with E-state index in [1.165, 1.54) is 11.0 Å². The Morgan fingerprint density at radius 1 is 1.22 bits per heavy atom. The molecule has 4 aliphatic rings. The summed E-state index contributed by atoms with van der Waals surface area (Å²) in [6, 6.07) is 0. The lowest BCUT2D eigenvalue weighted by Gasteiger charge is -2.30. The van der Waals surface area contributed by atoms with E-state index in [9.17, 15) is 19.3 Å². The standard InChI is InChI=1S/C27H32N5O8P/c28-25(35)26-29-17-32(31-26)27-22(33)13-20(39-27)16-38-41(36,30-14-24(34)37-15-18-7-2-1-3-8-18)40-23-12-6-10-19-9-4-5-11-21(19)23/h2,4-12,17,19-22,27,33H,1,3,13-16H2,(H2,28,35)(H,30,36)/t19?,20-,21?,22+,27+,41?/m0/s1. The van der Waals surface area contributed by atoms with Gasteiger partial charge in [-0.05, 0) is 24.5 Å². The Kier molecular flexibility index (Phi) is 9.11. The first-order valence-electron chi connectivity index (χ1n) is 13.3. The molecule has 6 atom stereocenters. The van der Waals surface area contributed by atoms with Crippen LogP contribution in [0.5, 0.6) is 0 Å². The smallest absolute Gasteiger partial charge is 0.459 e. The SMILES string of the molecule is NC(=O)c1ncn([C@@H]2O[C@H](COP(=O)(NCC(=O)OCC3=CCCC=C3)OC3=CC=CC4C=CC=CC34)C[C@H]2O)n1. The van der Waals surface area contributed by atoms with Crippen molar-refractivity contribution in [1.82, 2.24) is 19.9 Å². The van der Waals surface area contributed by atoms with E-state index in [-0.39, 0.29) is 37.3 Å². The molecule has 13 nitrogen and oxygen atoms in total. The number of hydrogen-bond donors (Lipinski definition) is 3. The number of carbonyl (C=O) groups is 2. The van der Waals surface area contributed by atoms with Gasteiger partial charge in [0.2, 0.25) is 5.82 Å². The number of nitrogens with two attached hydrogens (primary N) is 1. The van der Waals surface area contributed by atoms with Crippen LogP contribution < -0.4 is 10.8 Å². The largest absolute Gasteiger partial charge is 0.460 e. The summed E-state index contributed by atoms with van der Waals surface area (Å²) in [5.74, 6) is -1.42. The van der Waals surface area contributed by atoms with Gasteiger partial charge in [-0.1, -0.05) is 54.7 Å². The average Bonchev–Trinajstić information content (AvgIpc) is 3.62.